The SMILES string of the molecule is CCNC(=O)Cc1ccc(NCc2cc(C)sc2C)cc1. The standard InChI is InChI=1S/C17H22N2OS/c1-4-18-17(20)10-14-5-7-16(8-6-14)19-11-15-9-12(2)21-13(15)3/h5-9,19H,4,10-11H2,1-3H3,(H,18,20). The minimum atomic E-state index is 0.0718. The molecule has 21 heavy (non-hydrogen) atoms. The van der Waals surface area contributed by atoms with E-state index in [2.05, 4.69) is 30.5 Å². The number of rotatable bonds is 6. The Labute approximate surface area is 130 Å². The van der Waals surface area contributed by atoms with E-state index in [1.807, 2.05) is 42.5 Å². The third-order valence-electron chi connectivity index (χ3n) is 3.32. The van der Waals surface area contributed by atoms with Crippen LogP contribution in [0.2, 0.25) is 0 Å². The van der Waals surface area contributed by atoms with Crippen molar-refractivity contribution in [2.75, 3.05) is 11.9 Å². The van der Waals surface area contributed by atoms with Crippen molar-refractivity contribution in [3.63, 3.8) is 0 Å². The molecule has 0 unspecified atom stereocenters. The van der Waals surface area contributed by atoms with E-state index in [1.165, 1.54) is 15.3 Å². The Bertz CT molecular complexity index is 602. The van der Waals surface area contributed by atoms with Gasteiger partial charge in [-0.1, -0.05) is 12.1 Å². The largest absolute Gasteiger partial charge is 0.381 e. The summed E-state index contributed by atoms with van der Waals surface area (Å²) in [5, 5.41) is 6.24. The average molecular weight is 302 g/mol. The lowest BCUT2D eigenvalue weighted by Crippen LogP contribution is -2.24. The van der Waals surface area contributed by atoms with Gasteiger partial charge in [-0.25, -0.2) is 0 Å². The van der Waals surface area contributed by atoms with Crippen molar-refractivity contribution in [2.24, 2.45) is 0 Å². The highest BCUT2D eigenvalue weighted by atomic mass is 32.1. The highest BCUT2D eigenvalue weighted by molar-refractivity contribution is 7.12. The molecule has 1 aromatic carbocycles. The third-order valence-corrected chi connectivity index (χ3v) is 4.33. The number of aryl methyl sites for hydroxylation is 2. The lowest BCUT2D eigenvalue weighted by molar-refractivity contribution is -0.120. The van der Waals surface area contributed by atoms with Gasteiger partial charge < -0.3 is 10.6 Å². The molecule has 1 amide bonds. The highest BCUT2D eigenvalue weighted by Gasteiger charge is 2.04. The van der Waals surface area contributed by atoms with Crippen LogP contribution in [0.3, 0.4) is 0 Å². The summed E-state index contributed by atoms with van der Waals surface area (Å²) in [6, 6.07) is 10.3. The van der Waals surface area contributed by atoms with E-state index in [1.54, 1.807) is 0 Å². The summed E-state index contributed by atoms with van der Waals surface area (Å²) in [6.45, 7) is 7.74. The van der Waals surface area contributed by atoms with Crippen LogP contribution >= 0.6 is 11.3 Å². The van der Waals surface area contributed by atoms with Crippen LogP contribution in [0, 0.1) is 13.8 Å². The summed E-state index contributed by atoms with van der Waals surface area (Å²) >= 11 is 1.83. The number of benzene rings is 1. The highest BCUT2D eigenvalue weighted by Crippen LogP contribution is 2.21. The van der Waals surface area contributed by atoms with Gasteiger partial charge in [-0.15, -0.1) is 11.3 Å². The molecule has 0 aliphatic heterocycles. The summed E-state index contributed by atoms with van der Waals surface area (Å²) in [6.07, 6.45) is 0.441. The number of carbonyl (C=O) groups excluding carboxylic acids is 1. The number of amides is 1. The molecule has 0 aliphatic carbocycles. The fraction of sp³-hybridized carbons (Fsp3) is 0.353. The number of carbonyl (C=O) groups is 1. The number of anilines is 1. The van der Waals surface area contributed by atoms with Gasteiger partial charge in [-0.2, -0.15) is 0 Å². The van der Waals surface area contributed by atoms with Crippen molar-refractivity contribution >= 4 is 22.9 Å². The monoisotopic (exact) mass is 302 g/mol. The average Bonchev–Trinajstić information content (AvgIpc) is 2.76. The number of thiophene rings is 1. The Morgan fingerprint density at radius 3 is 2.48 bits per heavy atom. The van der Waals surface area contributed by atoms with E-state index in [0.29, 0.717) is 13.0 Å². The first kappa shape index (κ1) is 15.6. The second-order valence-electron chi connectivity index (χ2n) is 5.12. The Kier molecular flexibility index (Phi) is 5.39. The Morgan fingerprint density at radius 2 is 1.90 bits per heavy atom. The molecule has 2 rings (SSSR count). The molecule has 112 valence electrons. The molecular formula is C17H22N2OS. The molecular weight excluding hydrogens is 280 g/mol. The summed E-state index contributed by atoms with van der Waals surface area (Å²) < 4.78 is 0. The molecule has 4 heteroatoms. The van der Waals surface area contributed by atoms with E-state index in [0.717, 1.165) is 17.8 Å². The summed E-state index contributed by atoms with van der Waals surface area (Å²) in [5.74, 6) is 0.0718. The van der Waals surface area contributed by atoms with E-state index in [4.69, 9.17) is 0 Å². The molecule has 0 bridgehead atoms. The molecule has 0 atom stereocenters. The smallest absolute Gasteiger partial charge is 0.224 e. The maximum absolute atomic E-state index is 11.5. The Hall–Kier alpha value is -1.81. The molecule has 1 aromatic heterocycles. The van der Waals surface area contributed by atoms with Gasteiger partial charge >= 0.3 is 0 Å². The minimum Gasteiger partial charge on any atom is -0.381 e. The van der Waals surface area contributed by atoms with Crippen LogP contribution in [-0.2, 0) is 17.8 Å². The molecule has 3 nitrogen and oxygen atoms in total. The third kappa shape index (κ3) is 4.60. The second kappa shape index (κ2) is 7.27. The van der Waals surface area contributed by atoms with Gasteiger partial charge in [0.15, 0.2) is 0 Å². The molecule has 0 saturated carbocycles. The van der Waals surface area contributed by atoms with Crippen molar-refractivity contribution in [3.8, 4) is 0 Å². The summed E-state index contributed by atoms with van der Waals surface area (Å²) in [7, 11) is 0. The predicted octanol–water partition coefficient (Wildman–Crippen LogP) is 3.66. The normalized spacial score (nSPS) is 10.4. The fourth-order valence-electron chi connectivity index (χ4n) is 2.24. The molecule has 2 N–H and O–H groups in total. The summed E-state index contributed by atoms with van der Waals surface area (Å²) in [4.78, 5) is 14.2. The first-order valence-corrected chi connectivity index (χ1v) is 8.05. The lowest BCUT2D eigenvalue weighted by atomic mass is 10.1. The minimum absolute atomic E-state index is 0.0718. The number of nitrogens with one attached hydrogen (secondary N) is 2. The van der Waals surface area contributed by atoms with Crippen molar-refractivity contribution in [1.29, 1.82) is 0 Å². The van der Waals surface area contributed by atoms with Crippen molar-refractivity contribution in [3.05, 3.63) is 51.2 Å². The van der Waals surface area contributed by atoms with Gasteiger partial charge in [-0.05, 0) is 50.1 Å². The molecule has 0 aliphatic rings. The molecule has 0 spiro atoms. The second-order valence-corrected chi connectivity index (χ2v) is 6.58. The van der Waals surface area contributed by atoms with Gasteiger partial charge in [0.25, 0.3) is 0 Å². The summed E-state index contributed by atoms with van der Waals surface area (Å²) in [5.41, 5.74) is 3.47. The zero-order valence-corrected chi connectivity index (χ0v) is 13.6. The zero-order valence-electron chi connectivity index (χ0n) is 12.8. The zero-order chi connectivity index (χ0) is 15.2. The van der Waals surface area contributed by atoms with Crippen molar-refractivity contribution in [2.45, 2.75) is 33.7 Å². The van der Waals surface area contributed by atoms with Gasteiger partial charge in [-0.3, -0.25) is 4.79 Å². The van der Waals surface area contributed by atoms with Gasteiger partial charge in [0, 0.05) is 28.5 Å². The molecule has 1 heterocycles. The van der Waals surface area contributed by atoms with E-state index in [-0.39, 0.29) is 5.91 Å². The van der Waals surface area contributed by atoms with Crippen LogP contribution in [0.1, 0.15) is 27.8 Å². The molecule has 0 radical (unpaired) electrons. The molecule has 2 aromatic rings. The van der Waals surface area contributed by atoms with Crippen molar-refractivity contribution < 1.29 is 4.79 Å². The molecule has 0 fully saturated rings. The van der Waals surface area contributed by atoms with Gasteiger partial charge in [0.1, 0.15) is 0 Å². The van der Waals surface area contributed by atoms with Gasteiger partial charge in [0.2, 0.25) is 5.91 Å². The first-order chi connectivity index (χ1) is 10.1. The molecule has 0 saturated heterocycles. The van der Waals surface area contributed by atoms with Crippen LogP contribution < -0.4 is 10.6 Å². The van der Waals surface area contributed by atoms with Crippen LogP contribution in [0.5, 0.6) is 0 Å². The van der Waals surface area contributed by atoms with Crippen molar-refractivity contribution in [1.82, 2.24) is 5.32 Å². The van der Waals surface area contributed by atoms with E-state index < -0.39 is 0 Å². The van der Waals surface area contributed by atoms with E-state index in [9.17, 15) is 4.79 Å². The number of hydrogen-bond acceptors (Lipinski definition) is 3. The topological polar surface area (TPSA) is 41.1 Å². The first-order valence-electron chi connectivity index (χ1n) is 7.24. The predicted molar refractivity (Wildman–Crippen MR) is 89.9 cm³/mol. The van der Waals surface area contributed by atoms with E-state index >= 15 is 0 Å². The van der Waals surface area contributed by atoms with Crippen LogP contribution in [0.15, 0.2) is 30.3 Å². The Balaban J connectivity index is 1.90. The maximum Gasteiger partial charge on any atom is 0.224 e. The van der Waals surface area contributed by atoms with Crippen LogP contribution in [-0.4, -0.2) is 12.5 Å². The van der Waals surface area contributed by atoms with Crippen LogP contribution in [0.4, 0.5) is 5.69 Å². The van der Waals surface area contributed by atoms with Gasteiger partial charge in [0.05, 0.1) is 6.42 Å². The number of hydrogen-bond donors (Lipinski definition) is 2. The maximum atomic E-state index is 11.5. The quantitative estimate of drug-likeness (QED) is 0.855. The number of likely N-dealkylation sites (N-methyl/N-ethyl adjacent to an activating group) is 1. The Morgan fingerprint density at radius 1 is 1.19 bits per heavy atom. The fourth-order valence-corrected chi connectivity index (χ4v) is 3.19. The van der Waals surface area contributed by atoms with Crippen LogP contribution in [0.25, 0.3) is 0 Å². The lowest BCUT2D eigenvalue weighted by Gasteiger charge is -2.07.